The van der Waals surface area contributed by atoms with Crippen molar-refractivity contribution in [2.75, 3.05) is 12.4 Å². The summed E-state index contributed by atoms with van der Waals surface area (Å²) in [7, 11) is -2.27. The average molecular weight is 475 g/mol. The highest BCUT2D eigenvalue weighted by Gasteiger charge is 2.27. The lowest BCUT2D eigenvalue weighted by Gasteiger charge is -2.19. The van der Waals surface area contributed by atoms with Gasteiger partial charge < -0.3 is 4.74 Å². The minimum atomic E-state index is -3.86. The van der Waals surface area contributed by atoms with Crippen molar-refractivity contribution in [1.82, 2.24) is 14.9 Å². The Morgan fingerprint density at radius 2 is 1.72 bits per heavy atom. The van der Waals surface area contributed by atoms with Crippen LogP contribution in [0.3, 0.4) is 0 Å². The van der Waals surface area contributed by atoms with E-state index in [2.05, 4.69) is 20.2 Å². The standard InChI is InChI=1S/C22H26N4O4S2/c1-14(2)13-19(26-32(28,29)18-11-5-15(3)6-12-18)20(27)23-22-25-24-21(31-22)16-7-9-17(30-4)10-8-16/h5-12,14,19,26H,13H2,1-4H3,(H,23,25,27)/t19-/m0/s1. The molecule has 0 spiro atoms. The second kappa shape index (κ2) is 10.2. The van der Waals surface area contributed by atoms with Gasteiger partial charge in [-0.05, 0) is 55.7 Å². The quantitative estimate of drug-likeness (QED) is 0.487. The fraction of sp³-hybridized carbons (Fsp3) is 0.318. The third-order valence-electron chi connectivity index (χ3n) is 4.64. The molecule has 0 unspecified atom stereocenters. The van der Waals surface area contributed by atoms with Gasteiger partial charge in [0.15, 0.2) is 0 Å². The summed E-state index contributed by atoms with van der Waals surface area (Å²) >= 11 is 1.21. The van der Waals surface area contributed by atoms with Crippen molar-refractivity contribution in [1.29, 1.82) is 0 Å². The Morgan fingerprint density at radius 1 is 1.06 bits per heavy atom. The molecule has 0 bridgehead atoms. The van der Waals surface area contributed by atoms with Gasteiger partial charge in [0.05, 0.1) is 12.0 Å². The fourth-order valence-corrected chi connectivity index (χ4v) is 4.93. The predicted molar refractivity (Wildman–Crippen MR) is 125 cm³/mol. The molecular weight excluding hydrogens is 448 g/mol. The van der Waals surface area contributed by atoms with Gasteiger partial charge in [0.25, 0.3) is 0 Å². The summed E-state index contributed by atoms with van der Waals surface area (Å²) in [4.78, 5) is 13.0. The van der Waals surface area contributed by atoms with Crippen LogP contribution >= 0.6 is 11.3 Å². The van der Waals surface area contributed by atoms with Crippen LogP contribution in [0.25, 0.3) is 10.6 Å². The van der Waals surface area contributed by atoms with E-state index in [0.29, 0.717) is 16.6 Å². The molecular formula is C22H26N4O4S2. The monoisotopic (exact) mass is 474 g/mol. The molecule has 0 radical (unpaired) electrons. The predicted octanol–water partition coefficient (Wildman–Crippen LogP) is 3.85. The summed E-state index contributed by atoms with van der Waals surface area (Å²) in [6.45, 7) is 5.72. The highest BCUT2D eigenvalue weighted by Crippen LogP contribution is 2.28. The lowest BCUT2D eigenvalue weighted by atomic mass is 10.0. The number of sulfonamides is 1. The zero-order valence-electron chi connectivity index (χ0n) is 18.3. The first-order chi connectivity index (χ1) is 15.2. The van der Waals surface area contributed by atoms with Crippen LogP contribution in [0.2, 0.25) is 0 Å². The van der Waals surface area contributed by atoms with Gasteiger partial charge in [-0.2, -0.15) is 4.72 Å². The van der Waals surface area contributed by atoms with Crippen molar-refractivity contribution in [2.45, 2.75) is 38.1 Å². The first-order valence-corrected chi connectivity index (χ1v) is 12.4. The van der Waals surface area contributed by atoms with Crippen LogP contribution in [-0.4, -0.2) is 37.7 Å². The van der Waals surface area contributed by atoms with Crippen LogP contribution in [0.5, 0.6) is 5.75 Å². The molecule has 0 aliphatic heterocycles. The van der Waals surface area contributed by atoms with Gasteiger partial charge in [0, 0.05) is 5.56 Å². The SMILES string of the molecule is COc1ccc(-c2nnc(NC(=O)[C@H](CC(C)C)NS(=O)(=O)c3ccc(C)cc3)s2)cc1. The molecule has 0 saturated heterocycles. The number of anilines is 1. The van der Waals surface area contributed by atoms with Gasteiger partial charge in [-0.25, -0.2) is 8.42 Å². The van der Waals surface area contributed by atoms with Crippen molar-refractivity contribution in [3.05, 3.63) is 54.1 Å². The average Bonchev–Trinajstić information content (AvgIpc) is 3.21. The Hall–Kier alpha value is -2.82. The van der Waals surface area contributed by atoms with E-state index in [-0.39, 0.29) is 10.8 Å². The number of rotatable bonds is 9. The second-order valence-corrected chi connectivity index (χ2v) is 10.4. The van der Waals surface area contributed by atoms with Crippen molar-refractivity contribution < 1.29 is 17.9 Å². The number of carbonyl (C=O) groups is 1. The van der Waals surface area contributed by atoms with E-state index in [0.717, 1.165) is 16.9 Å². The topological polar surface area (TPSA) is 110 Å². The molecule has 170 valence electrons. The number of carbonyl (C=O) groups excluding carboxylic acids is 1. The number of ether oxygens (including phenoxy) is 1. The highest BCUT2D eigenvalue weighted by atomic mass is 32.2. The second-order valence-electron chi connectivity index (χ2n) is 7.75. The molecule has 2 aromatic carbocycles. The number of hydrogen-bond donors (Lipinski definition) is 2. The van der Waals surface area contributed by atoms with Gasteiger partial charge in [0.1, 0.15) is 16.8 Å². The number of nitrogens with one attached hydrogen (secondary N) is 2. The molecule has 1 aromatic heterocycles. The molecule has 1 amide bonds. The van der Waals surface area contributed by atoms with Crippen molar-refractivity contribution in [2.24, 2.45) is 5.92 Å². The van der Waals surface area contributed by atoms with Gasteiger partial charge in [0.2, 0.25) is 21.1 Å². The lowest BCUT2D eigenvalue weighted by molar-refractivity contribution is -0.118. The maximum absolute atomic E-state index is 12.9. The maximum atomic E-state index is 12.9. The molecule has 3 rings (SSSR count). The molecule has 2 N–H and O–H groups in total. The number of aryl methyl sites for hydroxylation is 1. The third-order valence-corrected chi connectivity index (χ3v) is 7.02. The molecule has 1 atom stereocenters. The normalized spacial score (nSPS) is 12.5. The van der Waals surface area contributed by atoms with Crippen LogP contribution in [-0.2, 0) is 14.8 Å². The Balaban J connectivity index is 1.75. The largest absolute Gasteiger partial charge is 0.497 e. The summed E-state index contributed by atoms with van der Waals surface area (Å²) in [5.41, 5.74) is 1.78. The molecule has 0 saturated carbocycles. The Morgan fingerprint density at radius 3 is 2.31 bits per heavy atom. The molecule has 0 aliphatic rings. The number of benzene rings is 2. The first-order valence-electron chi connectivity index (χ1n) is 10.1. The summed E-state index contributed by atoms with van der Waals surface area (Å²) in [5.74, 6) is 0.340. The minimum Gasteiger partial charge on any atom is -0.497 e. The summed E-state index contributed by atoms with van der Waals surface area (Å²) < 4.78 is 33.3. The molecule has 3 aromatic rings. The fourth-order valence-electron chi connectivity index (χ4n) is 2.97. The third kappa shape index (κ3) is 6.12. The zero-order valence-corrected chi connectivity index (χ0v) is 20.0. The minimum absolute atomic E-state index is 0.0933. The smallest absolute Gasteiger partial charge is 0.244 e. The van der Waals surface area contributed by atoms with Crippen molar-refractivity contribution in [3.63, 3.8) is 0 Å². The Labute approximate surface area is 192 Å². The number of amides is 1. The summed E-state index contributed by atoms with van der Waals surface area (Å²) in [6.07, 6.45) is 0.334. The molecule has 10 heteroatoms. The van der Waals surface area contributed by atoms with Crippen LogP contribution in [0.15, 0.2) is 53.4 Å². The van der Waals surface area contributed by atoms with Gasteiger partial charge >= 0.3 is 0 Å². The Kier molecular flexibility index (Phi) is 7.60. The number of hydrogen-bond acceptors (Lipinski definition) is 7. The number of methoxy groups -OCH3 is 1. The van der Waals surface area contributed by atoms with E-state index in [9.17, 15) is 13.2 Å². The van der Waals surface area contributed by atoms with E-state index < -0.39 is 22.0 Å². The first kappa shape index (κ1) is 23.8. The molecule has 32 heavy (non-hydrogen) atoms. The maximum Gasteiger partial charge on any atom is 0.244 e. The highest BCUT2D eigenvalue weighted by molar-refractivity contribution is 7.89. The van der Waals surface area contributed by atoms with Gasteiger partial charge in [-0.1, -0.05) is 42.9 Å². The van der Waals surface area contributed by atoms with Gasteiger partial charge in [-0.3, -0.25) is 10.1 Å². The van der Waals surface area contributed by atoms with Crippen LogP contribution in [0, 0.1) is 12.8 Å². The van der Waals surface area contributed by atoms with Crippen LogP contribution in [0.1, 0.15) is 25.8 Å². The summed E-state index contributed by atoms with van der Waals surface area (Å²) in [6, 6.07) is 12.9. The number of aromatic nitrogens is 2. The van der Waals surface area contributed by atoms with E-state index in [1.54, 1.807) is 19.2 Å². The Bertz CT molecular complexity index is 1160. The number of nitrogens with zero attached hydrogens (tertiary/aromatic N) is 2. The van der Waals surface area contributed by atoms with Gasteiger partial charge in [-0.15, -0.1) is 10.2 Å². The summed E-state index contributed by atoms with van der Waals surface area (Å²) in [5, 5.41) is 11.8. The van der Waals surface area contributed by atoms with Crippen LogP contribution in [0.4, 0.5) is 5.13 Å². The molecule has 0 aliphatic carbocycles. The molecule has 8 nitrogen and oxygen atoms in total. The molecule has 0 fully saturated rings. The van der Waals surface area contributed by atoms with Crippen molar-refractivity contribution >= 4 is 32.4 Å². The van der Waals surface area contributed by atoms with Crippen LogP contribution < -0.4 is 14.8 Å². The lowest BCUT2D eigenvalue weighted by Crippen LogP contribution is -2.44. The van der Waals surface area contributed by atoms with E-state index in [1.807, 2.05) is 45.0 Å². The van der Waals surface area contributed by atoms with E-state index in [4.69, 9.17) is 4.74 Å². The zero-order chi connectivity index (χ0) is 23.3. The van der Waals surface area contributed by atoms with E-state index in [1.165, 1.54) is 23.5 Å². The molecule has 1 heterocycles. The van der Waals surface area contributed by atoms with E-state index >= 15 is 0 Å². The van der Waals surface area contributed by atoms with Crippen molar-refractivity contribution in [3.8, 4) is 16.3 Å².